The molecule has 0 heterocycles. The summed E-state index contributed by atoms with van der Waals surface area (Å²) >= 11 is 0. The highest BCUT2D eigenvalue weighted by molar-refractivity contribution is 6.81. The molecule has 0 aliphatic heterocycles. The molecule has 0 amide bonds. The van der Waals surface area contributed by atoms with Gasteiger partial charge in [0.1, 0.15) is 0 Å². The fourth-order valence-electron chi connectivity index (χ4n) is 0.766. The van der Waals surface area contributed by atoms with Crippen LogP contribution in [0, 0.1) is 0 Å². The molecule has 0 spiro atoms. The molecule has 0 fully saturated rings. The van der Waals surface area contributed by atoms with Crippen LogP contribution in [0.25, 0.3) is 0 Å². The van der Waals surface area contributed by atoms with Gasteiger partial charge in [-0.05, 0) is 6.04 Å². The maximum Gasteiger partial charge on any atom is 0.0682 e. The van der Waals surface area contributed by atoms with Crippen LogP contribution in [0.15, 0.2) is 11.8 Å². The van der Waals surface area contributed by atoms with Crippen molar-refractivity contribution in [3.63, 3.8) is 0 Å². The number of rotatable bonds is 3. The van der Waals surface area contributed by atoms with Gasteiger partial charge in [0.25, 0.3) is 0 Å². The summed E-state index contributed by atoms with van der Waals surface area (Å²) in [5, 5.41) is 0. The van der Waals surface area contributed by atoms with E-state index in [9.17, 15) is 0 Å². The largest absolute Gasteiger partial charge is 0.0992 e. The minimum atomic E-state index is -0.915. The van der Waals surface area contributed by atoms with Crippen molar-refractivity contribution in [2.24, 2.45) is 0 Å². The first-order valence-electron chi connectivity index (χ1n) is 4.38. The van der Waals surface area contributed by atoms with Gasteiger partial charge in [0.15, 0.2) is 0 Å². The summed E-state index contributed by atoms with van der Waals surface area (Å²) in [7, 11) is -1.74. The van der Waals surface area contributed by atoms with E-state index in [1.54, 1.807) is 0 Å². The smallest absolute Gasteiger partial charge is 0.0682 e. The highest BCUT2D eigenvalue weighted by atomic mass is 28.3. The zero-order chi connectivity index (χ0) is 9.12. The van der Waals surface area contributed by atoms with Gasteiger partial charge in [0.2, 0.25) is 0 Å². The average Bonchev–Trinajstić information content (AvgIpc) is 1.55. The lowest BCUT2D eigenvalue weighted by atomic mass is 10.8. The van der Waals surface area contributed by atoms with Crippen LogP contribution in [-0.4, -0.2) is 16.1 Å². The van der Waals surface area contributed by atoms with Crippen molar-refractivity contribution < 1.29 is 0 Å². The molecule has 0 unspecified atom stereocenters. The van der Waals surface area contributed by atoms with Gasteiger partial charge in [-0.25, -0.2) is 0 Å². The first-order valence-corrected chi connectivity index (χ1v) is 11.7. The fraction of sp³-hybridized carbons (Fsp3) is 0.778. The predicted octanol–water partition coefficient (Wildman–Crippen LogP) is 3.76. The molecule has 0 saturated carbocycles. The van der Waals surface area contributed by atoms with E-state index in [-0.39, 0.29) is 0 Å². The zero-order valence-electron chi connectivity index (χ0n) is 8.86. The second-order valence-electron chi connectivity index (χ2n) is 5.53. The van der Waals surface area contributed by atoms with Crippen molar-refractivity contribution >= 4 is 16.1 Å². The summed E-state index contributed by atoms with van der Waals surface area (Å²) in [6.07, 6.45) is 2.42. The molecule has 0 bridgehead atoms. The van der Waals surface area contributed by atoms with Gasteiger partial charge in [-0.3, -0.25) is 0 Å². The number of hydrogen-bond acceptors (Lipinski definition) is 0. The van der Waals surface area contributed by atoms with Crippen molar-refractivity contribution in [2.45, 2.75) is 45.3 Å². The third-order valence-corrected chi connectivity index (χ3v) is 4.04. The maximum atomic E-state index is 2.46. The Labute approximate surface area is 73.7 Å². The number of allylic oxidation sites excluding steroid dienone is 1. The lowest BCUT2D eigenvalue weighted by Gasteiger charge is -2.14. The molecule has 66 valence electrons. The molecule has 0 rings (SSSR count). The number of hydrogen-bond donors (Lipinski definition) is 0. The van der Waals surface area contributed by atoms with Gasteiger partial charge >= 0.3 is 0 Å². The molecule has 0 N–H and O–H groups in total. The molecule has 0 nitrogen and oxygen atoms in total. The lowest BCUT2D eigenvalue weighted by molar-refractivity contribution is 1.51. The fourth-order valence-corrected chi connectivity index (χ4v) is 2.65. The van der Waals surface area contributed by atoms with Crippen molar-refractivity contribution in [2.75, 3.05) is 0 Å². The summed E-state index contributed by atoms with van der Waals surface area (Å²) in [4.78, 5) is 0. The van der Waals surface area contributed by atoms with Crippen LogP contribution < -0.4 is 0 Å². The summed E-state index contributed by atoms with van der Waals surface area (Å²) in [5.74, 6) is 0. The second-order valence-corrected chi connectivity index (χ2v) is 16.1. The van der Waals surface area contributed by atoms with E-state index in [0.29, 0.717) is 0 Å². The predicted molar refractivity (Wildman–Crippen MR) is 60.6 cm³/mol. The van der Waals surface area contributed by atoms with Crippen LogP contribution in [0.1, 0.15) is 0 Å². The lowest BCUT2D eigenvalue weighted by Crippen LogP contribution is -2.19. The summed E-state index contributed by atoms with van der Waals surface area (Å²) in [6.45, 7) is 14.4. The molecule has 0 radical (unpaired) electrons. The average molecular weight is 186 g/mol. The van der Waals surface area contributed by atoms with Gasteiger partial charge in [0.05, 0.1) is 8.07 Å². The Balaban J connectivity index is 3.80. The highest BCUT2D eigenvalue weighted by Gasteiger charge is 2.11. The Morgan fingerprint density at radius 3 is 1.64 bits per heavy atom. The van der Waals surface area contributed by atoms with E-state index in [1.807, 2.05) is 0 Å². The Kier molecular flexibility index (Phi) is 3.78. The van der Waals surface area contributed by atoms with Crippen molar-refractivity contribution in [1.82, 2.24) is 0 Å². The Morgan fingerprint density at radius 2 is 1.36 bits per heavy atom. The molecule has 11 heavy (non-hydrogen) atoms. The Bertz CT molecular complexity index is 135. The standard InChI is InChI=1S/C9H22Si2/c1-10(2,3)8-7-9-11(4,5)6/h7-8H,9H2,1-6H3. The minimum absolute atomic E-state index is 0.822. The summed E-state index contributed by atoms with van der Waals surface area (Å²) < 4.78 is 0. The molecule has 0 aliphatic carbocycles. The molecular formula is C9H22Si2. The van der Waals surface area contributed by atoms with E-state index in [2.05, 4.69) is 51.1 Å². The molecule has 0 saturated heterocycles. The molecular weight excluding hydrogens is 164 g/mol. The molecule has 0 aromatic heterocycles. The van der Waals surface area contributed by atoms with Crippen LogP contribution >= 0.6 is 0 Å². The van der Waals surface area contributed by atoms with Gasteiger partial charge in [-0.1, -0.05) is 51.1 Å². The third kappa shape index (κ3) is 10.2. The van der Waals surface area contributed by atoms with Gasteiger partial charge in [-0.2, -0.15) is 0 Å². The monoisotopic (exact) mass is 186 g/mol. The van der Waals surface area contributed by atoms with Gasteiger partial charge in [0, 0.05) is 8.07 Å². The first kappa shape index (κ1) is 11.2. The van der Waals surface area contributed by atoms with E-state index in [4.69, 9.17) is 0 Å². The summed E-state index contributed by atoms with van der Waals surface area (Å²) in [5.41, 5.74) is 2.46. The summed E-state index contributed by atoms with van der Waals surface area (Å²) in [6, 6.07) is 1.34. The van der Waals surface area contributed by atoms with E-state index in [0.717, 1.165) is 0 Å². The van der Waals surface area contributed by atoms with Crippen molar-refractivity contribution in [1.29, 1.82) is 0 Å². The van der Waals surface area contributed by atoms with Crippen LogP contribution in [-0.2, 0) is 0 Å². The van der Waals surface area contributed by atoms with Crippen molar-refractivity contribution in [3.8, 4) is 0 Å². The van der Waals surface area contributed by atoms with E-state index >= 15 is 0 Å². The van der Waals surface area contributed by atoms with E-state index in [1.165, 1.54) is 6.04 Å². The molecule has 0 aromatic carbocycles. The minimum Gasteiger partial charge on any atom is -0.0992 e. The Morgan fingerprint density at radius 1 is 0.909 bits per heavy atom. The third-order valence-electron chi connectivity index (χ3n) is 1.35. The van der Waals surface area contributed by atoms with Crippen LogP contribution in [0.3, 0.4) is 0 Å². The van der Waals surface area contributed by atoms with Gasteiger partial charge < -0.3 is 0 Å². The van der Waals surface area contributed by atoms with Crippen LogP contribution in [0.2, 0.25) is 45.3 Å². The molecule has 0 atom stereocenters. The Hall–Kier alpha value is 0.174. The van der Waals surface area contributed by atoms with Crippen molar-refractivity contribution in [3.05, 3.63) is 11.8 Å². The SMILES string of the molecule is C[Si](C)(C)C=CC[Si](C)(C)C. The van der Waals surface area contributed by atoms with Crippen LogP contribution in [0.4, 0.5) is 0 Å². The normalized spacial score (nSPS) is 14.4. The second kappa shape index (κ2) is 3.72. The molecule has 2 heteroatoms. The van der Waals surface area contributed by atoms with Gasteiger partial charge in [-0.15, -0.1) is 0 Å². The maximum absolute atomic E-state index is 2.46. The van der Waals surface area contributed by atoms with E-state index < -0.39 is 16.1 Å². The highest BCUT2D eigenvalue weighted by Crippen LogP contribution is 2.10. The van der Waals surface area contributed by atoms with Crippen LogP contribution in [0.5, 0.6) is 0 Å². The quantitative estimate of drug-likeness (QED) is 0.589. The molecule has 0 aliphatic rings. The molecule has 0 aromatic rings. The first-order chi connectivity index (χ1) is 4.71. The topological polar surface area (TPSA) is 0 Å². The zero-order valence-corrected chi connectivity index (χ0v) is 10.9.